The van der Waals surface area contributed by atoms with Crippen LogP contribution in [-0.2, 0) is 0 Å². The minimum absolute atomic E-state index is 0.610. The Morgan fingerprint density at radius 3 is 2.60 bits per heavy atom. The molecule has 0 aliphatic rings. The Hall–Kier alpha value is -1.67. The lowest BCUT2D eigenvalue weighted by molar-refractivity contribution is 0.306. The number of azide groups is 1. The number of hydrogen-bond donors (Lipinski definition) is 0. The first kappa shape index (κ1) is 11.4. The van der Waals surface area contributed by atoms with Crippen LogP contribution in [0.3, 0.4) is 0 Å². The van der Waals surface area contributed by atoms with E-state index in [4.69, 9.17) is 10.3 Å². The number of benzene rings is 1. The van der Waals surface area contributed by atoms with Gasteiger partial charge in [0.05, 0.1) is 6.61 Å². The van der Waals surface area contributed by atoms with Gasteiger partial charge in [0.1, 0.15) is 5.75 Å². The second-order valence-corrected chi connectivity index (χ2v) is 3.24. The van der Waals surface area contributed by atoms with Crippen LogP contribution < -0.4 is 4.74 Å². The summed E-state index contributed by atoms with van der Waals surface area (Å²) in [4.78, 5) is 2.71. The van der Waals surface area contributed by atoms with Crippen LogP contribution in [0, 0.1) is 0 Å². The van der Waals surface area contributed by atoms with Gasteiger partial charge in [-0.25, -0.2) is 0 Å². The summed E-state index contributed by atoms with van der Waals surface area (Å²) in [5, 5.41) is 3.48. The lowest BCUT2D eigenvalue weighted by Crippen LogP contribution is -1.96. The van der Waals surface area contributed by atoms with Crippen LogP contribution in [0.4, 0.5) is 5.69 Å². The molecule has 0 aromatic heterocycles. The summed E-state index contributed by atoms with van der Waals surface area (Å²) in [6, 6.07) is 7.12. The molecule has 0 spiro atoms. The first-order valence-electron chi connectivity index (χ1n) is 5.14. The van der Waals surface area contributed by atoms with E-state index in [0.717, 1.165) is 18.8 Å². The Bertz CT molecular complexity index is 328. The average Bonchev–Trinajstić information content (AvgIpc) is 2.27. The standard InChI is InChI=1S/C11H15N3O/c1-2-3-4-9-15-11-7-5-10(6-8-11)13-14-12/h5-8H,2-4,9H2,1H3. The Labute approximate surface area is 89.5 Å². The first-order valence-corrected chi connectivity index (χ1v) is 5.14. The molecule has 15 heavy (non-hydrogen) atoms. The molecule has 0 aliphatic carbocycles. The smallest absolute Gasteiger partial charge is 0.119 e. The zero-order valence-corrected chi connectivity index (χ0v) is 8.89. The largest absolute Gasteiger partial charge is 0.494 e. The molecule has 1 rings (SSSR count). The van der Waals surface area contributed by atoms with Gasteiger partial charge < -0.3 is 4.74 Å². The molecular weight excluding hydrogens is 190 g/mol. The van der Waals surface area contributed by atoms with E-state index in [2.05, 4.69) is 16.9 Å². The van der Waals surface area contributed by atoms with Gasteiger partial charge in [0.2, 0.25) is 0 Å². The maximum atomic E-state index is 8.22. The maximum Gasteiger partial charge on any atom is 0.119 e. The molecular formula is C11H15N3O. The quantitative estimate of drug-likeness (QED) is 0.297. The molecule has 0 amide bonds. The molecule has 4 heteroatoms. The highest BCUT2D eigenvalue weighted by Gasteiger charge is 1.93. The van der Waals surface area contributed by atoms with Gasteiger partial charge in [-0.2, -0.15) is 0 Å². The normalized spacial score (nSPS) is 9.40. The van der Waals surface area contributed by atoms with Crippen molar-refractivity contribution in [2.24, 2.45) is 5.11 Å². The fourth-order valence-corrected chi connectivity index (χ4v) is 1.20. The van der Waals surface area contributed by atoms with Gasteiger partial charge in [-0.15, -0.1) is 0 Å². The van der Waals surface area contributed by atoms with E-state index in [1.807, 2.05) is 12.1 Å². The topological polar surface area (TPSA) is 58.0 Å². The third-order valence-electron chi connectivity index (χ3n) is 2.01. The van der Waals surface area contributed by atoms with Crippen LogP contribution in [0.2, 0.25) is 0 Å². The van der Waals surface area contributed by atoms with Gasteiger partial charge in [-0.1, -0.05) is 24.9 Å². The Kier molecular flexibility index (Phi) is 5.12. The molecule has 0 aliphatic heterocycles. The molecule has 80 valence electrons. The van der Waals surface area contributed by atoms with Crippen LogP contribution in [-0.4, -0.2) is 6.61 Å². The van der Waals surface area contributed by atoms with Crippen LogP contribution in [0.1, 0.15) is 26.2 Å². The summed E-state index contributed by atoms with van der Waals surface area (Å²) in [6.07, 6.45) is 3.46. The van der Waals surface area contributed by atoms with Gasteiger partial charge in [0.15, 0.2) is 0 Å². The summed E-state index contributed by atoms with van der Waals surface area (Å²) < 4.78 is 5.51. The summed E-state index contributed by atoms with van der Waals surface area (Å²) in [5.74, 6) is 0.822. The molecule has 1 aromatic carbocycles. The highest BCUT2D eigenvalue weighted by Crippen LogP contribution is 2.18. The molecule has 0 fully saturated rings. The minimum Gasteiger partial charge on any atom is -0.494 e. The van der Waals surface area contributed by atoms with E-state index >= 15 is 0 Å². The minimum atomic E-state index is 0.610. The highest BCUT2D eigenvalue weighted by atomic mass is 16.5. The first-order chi connectivity index (χ1) is 7.36. The zero-order valence-electron chi connectivity index (χ0n) is 8.89. The average molecular weight is 205 g/mol. The second kappa shape index (κ2) is 6.74. The zero-order chi connectivity index (χ0) is 10.9. The lowest BCUT2D eigenvalue weighted by Gasteiger charge is -2.05. The molecule has 0 atom stereocenters. The number of rotatable bonds is 6. The van der Waals surface area contributed by atoms with Crippen molar-refractivity contribution in [1.82, 2.24) is 0 Å². The van der Waals surface area contributed by atoms with Gasteiger partial charge in [0, 0.05) is 10.6 Å². The number of ether oxygens (including phenoxy) is 1. The summed E-state index contributed by atoms with van der Waals surface area (Å²) >= 11 is 0. The van der Waals surface area contributed by atoms with Crippen LogP contribution in [0.5, 0.6) is 5.75 Å². The van der Waals surface area contributed by atoms with Crippen LogP contribution >= 0.6 is 0 Å². The molecule has 4 nitrogen and oxygen atoms in total. The van der Waals surface area contributed by atoms with Crippen molar-refractivity contribution in [3.63, 3.8) is 0 Å². The molecule has 0 radical (unpaired) electrons. The van der Waals surface area contributed by atoms with E-state index in [-0.39, 0.29) is 0 Å². The molecule has 1 aromatic rings. The molecule has 0 N–H and O–H groups in total. The third kappa shape index (κ3) is 4.38. The van der Waals surface area contributed by atoms with Crippen molar-refractivity contribution in [3.8, 4) is 5.75 Å². The predicted molar refractivity (Wildman–Crippen MR) is 60.3 cm³/mol. The van der Waals surface area contributed by atoms with Crippen molar-refractivity contribution in [2.75, 3.05) is 6.61 Å². The van der Waals surface area contributed by atoms with E-state index in [1.54, 1.807) is 12.1 Å². The van der Waals surface area contributed by atoms with Crippen molar-refractivity contribution in [3.05, 3.63) is 34.7 Å². The Balaban J connectivity index is 2.39. The SMILES string of the molecule is CCCCCOc1ccc(N=[N+]=[N-])cc1. The number of unbranched alkanes of at least 4 members (excludes halogenated alkanes) is 2. The highest BCUT2D eigenvalue weighted by molar-refractivity contribution is 5.40. The van der Waals surface area contributed by atoms with Gasteiger partial charge in [-0.05, 0) is 36.2 Å². The van der Waals surface area contributed by atoms with E-state index in [0.29, 0.717) is 5.69 Å². The van der Waals surface area contributed by atoms with Crippen molar-refractivity contribution in [2.45, 2.75) is 26.2 Å². The van der Waals surface area contributed by atoms with Crippen LogP contribution in [0.25, 0.3) is 10.4 Å². The van der Waals surface area contributed by atoms with Crippen LogP contribution in [0.15, 0.2) is 29.4 Å². The fourth-order valence-electron chi connectivity index (χ4n) is 1.20. The van der Waals surface area contributed by atoms with Gasteiger partial charge in [0.25, 0.3) is 0 Å². The third-order valence-corrected chi connectivity index (χ3v) is 2.01. The van der Waals surface area contributed by atoms with E-state index in [9.17, 15) is 0 Å². The van der Waals surface area contributed by atoms with E-state index < -0.39 is 0 Å². The van der Waals surface area contributed by atoms with Crippen molar-refractivity contribution >= 4 is 5.69 Å². The van der Waals surface area contributed by atoms with Gasteiger partial charge in [-0.3, -0.25) is 0 Å². The summed E-state index contributed by atoms with van der Waals surface area (Å²) in [5.41, 5.74) is 8.83. The summed E-state index contributed by atoms with van der Waals surface area (Å²) in [6.45, 7) is 2.91. The summed E-state index contributed by atoms with van der Waals surface area (Å²) in [7, 11) is 0. The second-order valence-electron chi connectivity index (χ2n) is 3.24. The van der Waals surface area contributed by atoms with Gasteiger partial charge >= 0.3 is 0 Å². The molecule has 0 saturated heterocycles. The van der Waals surface area contributed by atoms with Crippen molar-refractivity contribution < 1.29 is 4.74 Å². The maximum absolute atomic E-state index is 8.22. The monoisotopic (exact) mass is 205 g/mol. The number of nitrogens with zero attached hydrogens (tertiary/aromatic N) is 3. The van der Waals surface area contributed by atoms with Crippen molar-refractivity contribution in [1.29, 1.82) is 0 Å². The van der Waals surface area contributed by atoms with E-state index in [1.165, 1.54) is 12.8 Å². The molecule has 0 unspecified atom stereocenters. The molecule has 0 saturated carbocycles. The predicted octanol–water partition coefficient (Wildman–Crippen LogP) is 4.20. The molecule has 0 bridgehead atoms. The lowest BCUT2D eigenvalue weighted by atomic mass is 10.2. The fraction of sp³-hybridized carbons (Fsp3) is 0.455. The number of hydrogen-bond acceptors (Lipinski definition) is 2. The Morgan fingerprint density at radius 1 is 1.27 bits per heavy atom. The molecule has 0 heterocycles. The Morgan fingerprint density at radius 2 is 2.00 bits per heavy atom.